The normalized spacial score (nSPS) is 14.9. The average molecular weight is 465 g/mol. The Bertz CT molecular complexity index is 1060. The molecule has 1 heterocycles. The van der Waals surface area contributed by atoms with Gasteiger partial charge in [0.05, 0.1) is 29.7 Å². The molecular weight excluding hydrogens is 448 g/mol. The molecule has 0 unspecified atom stereocenters. The van der Waals surface area contributed by atoms with Gasteiger partial charge in [-0.2, -0.15) is 5.01 Å². The van der Waals surface area contributed by atoms with Gasteiger partial charge in [-0.05, 0) is 60.6 Å². The number of thioether (sulfide) groups is 1. The third kappa shape index (κ3) is 4.38. The molecule has 0 aromatic heterocycles. The molecule has 0 saturated carbocycles. The van der Waals surface area contributed by atoms with Gasteiger partial charge in [0.2, 0.25) is 5.75 Å². The minimum atomic E-state index is -0.550. The summed E-state index contributed by atoms with van der Waals surface area (Å²) in [6.45, 7) is 1.85. The van der Waals surface area contributed by atoms with E-state index < -0.39 is 11.8 Å². The van der Waals surface area contributed by atoms with E-state index >= 15 is 0 Å². The van der Waals surface area contributed by atoms with Gasteiger partial charge in [0.1, 0.15) is 0 Å². The topological polar surface area (TPSA) is 88.1 Å². The lowest BCUT2D eigenvalue weighted by atomic mass is 10.1. The van der Waals surface area contributed by atoms with Crippen LogP contribution in [0.5, 0.6) is 17.2 Å². The molecule has 2 amide bonds. The lowest BCUT2D eigenvalue weighted by Gasteiger charge is -2.16. The van der Waals surface area contributed by atoms with E-state index in [-0.39, 0.29) is 37.1 Å². The molecule has 0 bridgehead atoms. The zero-order valence-corrected chi connectivity index (χ0v) is 18.6. The number of nitrogens with zero attached hydrogens (tertiary/aromatic N) is 1. The largest absolute Gasteiger partial charge is 0.502 e. The lowest BCUT2D eigenvalue weighted by molar-refractivity contribution is -0.123. The summed E-state index contributed by atoms with van der Waals surface area (Å²) in [7, 11) is 2.81. The molecule has 2 aromatic rings. The summed E-state index contributed by atoms with van der Waals surface area (Å²) in [5.74, 6) is -0.804. The molecule has 7 nitrogen and oxygen atoms in total. The van der Waals surface area contributed by atoms with Crippen LogP contribution in [0.25, 0.3) is 6.08 Å². The van der Waals surface area contributed by atoms with Crippen LogP contribution in [-0.4, -0.2) is 40.5 Å². The summed E-state index contributed by atoms with van der Waals surface area (Å²) in [6.07, 6.45) is 1.56. The number of aryl methyl sites for hydroxylation is 1. The minimum absolute atomic E-state index is 0.146. The van der Waals surface area contributed by atoms with Crippen molar-refractivity contribution in [3.63, 3.8) is 0 Å². The first kappa shape index (κ1) is 21.9. The molecule has 0 atom stereocenters. The van der Waals surface area contributed by atoms with E-state index in [1.54, 1.807) is 36.4 Å². The number of halogens is 1. The molecule has 1 aliphatic heterocycles. The molecule has 2 N–H and O–H groups in total. The number of hydrogen-bond acceptors (Lipinski definition) is 7. The smallest absolute Gasteiger partial charge is 0.285 e. The van der Waals surface area contributed by atoms with E-state index in [1.165, 1.54) is 14.2 Å². The number of carbonyl (C=O) groups excluding carboxylic acids is 2. The van der Waals surface area contributed by atoms with Crippen LogP contribution in [0.3, 0.4) is 0 Å². The Morgan fingerprint density at radius 2 is 1.87 bits per heavy atom. The third-order valence-electron chi connectivity index (χ3n) is 4.18. The number of benzene rings is 2. The predicted octanol–water partition coefficient (Wildman–Crippen LogP) is 3.92. The van der Waals surface area contributed by atoms with Crippen molar-refractivity contribution in [2.75, 3.05) is 14.2 Å². The zero-order chi connectivity index (χ0) is 22.0. The first-order valence-corrected chi connectivity index (χ1v) is 10.2. The molecule has 3 rings (SSSR count). The van der Waals surface area contributed by atoms with E-state index in [0.29, 0.717) is 5.56 Å². The molecule has 156 valence electrons. The fourth-order valence-electron chi connectivity index (χ4n) is 2.68. The van der Waals surface area contributed by atoms with Crippen molar-refractivity contribution >= 4 is 57.8 Å². The lowest BCUT2D eigenvalue weighted by Crippen LogP contribution is -2.44. The number of thiocarbonyl (C=S) groups is 1. The van der Waals surface area contributed by atoms with Gasteiger partial charge < -0.3 is 14.6 Å². The Morgan fingerprint density at radius 3 is 2.43 bits per heavy atom. The number of amides is 2. The van der Waals surface area contributed by atoms with Crippen LogP contribution in [0.2, 0.25) is 5.02 Å². The maximum atomic E-state index is 12.8. The summed E-state index contributed by atoms with van der Waals surface area (Å²) in [6, 6.07) is 8.09. The number of nitrogens with one attached hydrogen (secondary N) is 1. The first-order chi connectivity index (χ1) is 14.2. The summed E-state index contributed by atoms with van der Waals surface area (Å²) < 4.78 is 10.4. The zero-order valence-electron chi connectivity index (χ0n) is 16.2. The van der Waals surface area contributed by atoms with Crippen LogP contribution in [0.4, 0.5) is 0 Å². The number of phenolic OH excluding ortho intramolecular Hbond substituents is 1. The van der Waals surface area contributed by atoms with Crippen LogP contribution >= 0.6 is 35.6 Å². The number of methoxy groups -OCH3 is 2. The molecule has 1 fully saturated rings. The van der Waals surface area contributed by atoms with E-state index in [9.17, 15) is 14.7 Å². The number of aromatic hydroxyl groups is 1. The standard InChI is InChI=1S/C20H17ClN2O5S2/c1-10-4-5-12(13(21)6-10)18(25)22-23-19(26)16(30-20(23)29)9-11-7-14(27-2)17(24)15(8-11)28-3/h4-9,24H,1-3H3,(H,22,25)/b16-9+. The van der Waals surface area contributed by atoms with Gasteiger partial charge in [0.25, 0.3) is 11.8 Å². The van der Waals surface area contributed by atoms with E-state index in [1.807, 2.05) is 6.92 Å². The van der Waals surface area contributed by atoms with E-state index in [4.69, 9.17) is 33.3 Å². The third-order valence-corrected chi connectivity index (χ3v) is 5.79. The molecule has 10 heteroatoms. The van der Waals surface area contributed by atoms with Gasteiger partial charge in [0, 0.05) is 0 Å². The Hall–Kier alpha value is -2.75. The van der Waals surface area contributed by atoms with Crippen LogP contribution in [0, 0.1) is 6.92 Å². The highest BCUT2D eigenvalue weighted by Gasteiger charge is 2.34. The van der Waals surface area contributed by atoms with E-state index in [0.717, 1.165) is 22.3 Å². The Balaban J connectivity index is 1.85. The van der Waals surface area contributed by atoms with Crippen molar-refractivity contribution in [3.8, 4) is 17.2 Å². The van der Waals surface area contributed by atoms with Crippen molar-refractivity contribution in [2.45, 2.75) is 6.92 Å². The molecule has 0 radical (unpaired) electrons. The second kappa shape index (κ2) is 8.95. The van der Waals surface area contributed by atoms with Gasteiger partial charge >= 0.3 is 0 Å². The number of rotatable bonds is 5. The molecule has 0 spiro atoms. The number of hydrazine groups is 1. The summed E-state index contributed by atoms with van der Waals surface area (Å²) in [5, 5.41) is 11.3. The van der Waals surface area contributed by atoms with Gasteiger partial charge in [-0.25, -0.2) is 0 Å². The molecule has 1 aliphatic rings. The van der Waals surface area contributed by atoms with Gasteiger partial charge in [-0.3, -0.25) is 15.0 Å². The second-order valence-corrected chi connectivity index (χ2v) is 8.30. The fraction of sp³-hybridized carbons (Fsp3) is 0.150. The highest BCUT2D eigenvalue weighted by Crippen LogP contribution is 2.39. The first-order valence-electron chi connectivity index (χ1n) is 8.55. The Kier molecular flexibility index (Phi) is 6.55. The summed E-state index contributed by atoms with van der Waals surface area (Å²) in [4.78, 5) is 25.6. The van der Waals surface area contributed by atoms with Crippen LogP contribution in [0.15, 0.2) is 35.2 Å². The van der Waals surface area contributed by atoms with Crippen molar-refractivity contribution < 1.29 is 24.2 Å². The van der Waals surface area contributed by atoms with Crippen LogP contribution in [0.1, 0.15) is 21.5 Å². The quantitative estimate of drug-likeness (QED) is 0.512. The van der Waals surface area contributed by atoms with Gasteiger partial charge in [0.15, 0.2) is 15.8 Å². The van der Waals surface area contributed by atoms with E-state index in [2.05, 4.69) is 5.43 Å². The van der Waals surface area contributed by atoms with Gasteiger partial charge in [-0.1, -0.05) is 29.4 Å². The Morgan fingerprint density at radius 1 is 1.23 bits per heavy atom. The number of carbonyl (C=O) groups is 2. The minimum Gasteiger partial charge on any atom is -0.502 e. The average Bonchev–Trinajstić information content (AvgIpc) is 2.96. The number of phenols is 1. The molecular formula is C20H17ClN2O5S2. The maximum Gasteiger partial charge on any atom is 0.285 e. The SMILES string of the molecule is COc1cc(/C=C2/SC(=S)N(NC(=O)c3ccc(C)cc3Cl)C2=O)cc(OC)c1O. The Labute approximate surface area is 187 Å². The van der Waals surface area contributed by atoms with Gasteiger partial charge in [-0.15, -0.1) is 0 Å². The summed E-state index contributed by atoms with van der Waals surface area (Å²) >= 11 is 12.4. The van der Waals surface area contributed by atoms with Crippen molar-refractivity contribution in [1.82, 2.24) is 10.4 Å². The number of ether oxygens (including phenoxy) is 2. The molecule has 1 saturated heterocycles. The maximum absolute atomic E-state index is 12.8. The van der Waals surface area contributed by atoms with Crippen molar-refractivity contribution in [3.05, 3.63) is 56.9 Å². The monoisotopic (exact) mass is 464 g/mol. The highest BCUT2D eigenvalue weighted by molar-refractivity contribution is 8.26. The van der Waals surface area contributed by atoms with Crippen LogP contribution < -0.4 is 14.9 Å². The van der Waals surface area contributed by atoms with Crippen molar-refractivity contribution in [2.24, 2.45) is 0 Å². The fourth-order valence-corrected chi connectivity index (χ4v) is 4.18. The second-order valence-electron chi connectivity index (χ2n) is 6.22. The molecule has 30 heavy (non-hydrogen) atoms. The molecule has 0 aliphatic carbocycles. The number of hydrogen-bond donors (Lipinski definition) is 2. The van der Waals surface area contributed by atoms with Crippen molar-refractivity contribution in [1.29, 1.82) is 0 Å². The molecule has 2 aromatic carbocycles. The predicted molar refractivity (Wildman–Crippen MR) is 120 cm³/mol. The van der Waals surface area contributed by atoms with Crippen LogP contribution in [-0.2, 0) is 4.79 Å². The highest BCUT2D eigenvalue weighted by atomic mass is 35.5. The summed E-state index contributed by atoms with van der Waals surface area (Å²) in [5.41, 5.74) is 4.18.